The zero-order chi connectivity index (χ0) is 13.7. The summed E-state index contributed by atoms with van der Waals surface area (Å²) in [7, 11) is 3.70. The molecule has 1 aromatic heterocycles. The zero-order valence-electron chi connectivity index (χ0n) is 12.2. The SMILES string of the molecule is CNCCCc1nc(C2(OC)CCC(C)CC2)no1. The number of rotatable bonds is 6. The van der Waals surface area contributed by atoms with Crippen LogP contribution in [0.3, 0.4) is 0 Å². The molecule has 0 radical (unpaired) electrons. The Morgan fingerprint density at radius 3 is 2.79 bits per heavy atom. The predicted octanol–water partition coefficient (Wildman–Crippen LogP) is 2.27. The van der Waals surface area contributed by atoms with Gasteiger partial charge in [0.15, 0.2) is 0 Å². The van der Waals surface area contributed by atoms with Crippen molar-refractivity contribution in [1.82, 2.24) is 15.5 Å². The van der Waals surface area contributed by atoms with Crippen molar-refractivity contribution in [3.63, 3.8) is 0 Å². The highest BCUT2D eigenvalue weighted by Gasteiger charge is 2.40. The first-order chi connectivity index (χ1) is 9.20. The van der Waals surface area contributed by atoms with Crippen molar-refractivity contribution in [3.8, 4) is 0 Å². The predicted molar refractivity (Wildman–Crippen MR) is 72.9 cm³/mol. The van der Waals surface area contributed by atoms with Crippen molar-refractivity contribution in [3.05, 3.63) is 11.7 Å². The highest BCUT2D eigenvalue weighted by atomic mass is 16.5. The maximum Gasteiger partial charge on any atom is 0.226 e. The van der Waals surface area contributed by atoms with Crippen LogP contribution in [0.25, 0.3) is 0 Å². The summed E-state index contributed by atoms with van der Waals surface area (Å²) in [5, 5.41) is 7.27. The van der Waals surface area contributed by atoms with E-state index in [0.717, 1.165) is 62.7 Å². The lowest BCUT2D eigenvalue weighted by Gasteiger charge is -2.35. The molecule has 0 aliphatic heterocycles. The summed E-state index contributed by atoms with van der Waals surface area (Å²) in [4.78, 5) is 4.54. The van der Waals surface area contributed by atoms with Gasteiger partial charge in [0.2, 0.25) is 11.7 Å². The third kappa shape index (κ3) is 3.34. The molecule has 0 atom stereocenters. The first kappa shape index (κ1) is 14.5. The third-order valence-corrected chi connectivity index (χ3v) is 4.17. The van der Waals surface area contributed by atoms with Crippen LogP contribution in [-0.4, -0.2) is 30.8 Å². The molecule has 5 nitrogen and oxygen atoms in total. The Hall–Kier alpha value is -0.940. The summed E-state index contributed by atoms with van der Waals surface area (Å²) in [6, 6.07) is 0. The van der Waals surface area contributed by atoms with Gasteiger partial charge in [-0.05, 0) is 51.6 Å². The van der Waals surface area contributed by atoms with Crippen molar-refractivity contribution in [2.24, 2.45) is 5.92 Å². The molecule has 1 heterocycles. The standard InChI is InChI=1S/C14H25N3O2/c1-11-6-8-14(18-3,9-7-11)13-16-12(19-17-13)5-4-10-15-2/h11,15H,4-10H2,1-3H3. The van der Waals surface area contributed by atoms with Crippen LogP contribution in [0.1, 0.15) is 50.7 Å². The fraction of sp³-hybridized carbons (Fsp3) is 0.857. The largest absolute Gasteiger partial charge is 0.370 e. The molecular weight excluding hydrogens is 242 g/mol. The molecule has 0 amide bonds. The molecule has 0 spiro atoms. The average molecular weight is 267 g/mol. The van der Waals surface area contributed by atoms with Crippen molar-refractivity contribution in [2.45, 2.75) is 51.0 Å². The molecule has 1 fully saturated rings. The maximum atomic E-state index is 5.75. The van der Waals surface area contributed by atoms with E-state index >= 15 is 0 Å². The van der Waals surface area contributed by atoms with Gasteiger partial charge in [-0.25, -0.2) is 0 Å². The summed E-state index contributed by atoms with van der Waals surface area (Å²) >= 11 is 0. The fourth-order valence-electron chi connectivity index (χ4n) is 2.71. The van der Waals surface area contributed by atoms with Crippen LogP contribution >= 0.6 is 0 Å². The summed E-state index contributed by atoms with van der Waals surface area (Å²) < 4.78 is 11.1. The Bertz CT molecular complexity index is 384. The van der Waals surface area contributed by atoms with Crippen molar-refractivity contribution in [1.29, 1.82) is 0 Å². The Morgan fingerprint density at radius 2 is 2.16 bits per heavy atom. The second kappa shape index (κ2) is 6.48. The van der Waals surface area contributed by atoms with Crippen LogP contribution in [0.15, 0.2) is 4.52 Å². The Balaban J connectivity index is 2.02. The van der Waals surface area contributed by atoms with Gasteiger partial charge in [0, 0.05) is 13.5 Å². The lowest BCUT2D eigenvalue weighted by molar-refractivity contribution is -0.0609. The van der Waals surface area contributed by atoms with Gasteiger partial charge in [-0.1, -0.05) is 12.1 Å². The van der Waals surface area contributed by atoms with Crippen LogP contribution in [0.4, 0.5) is 0 Å². The molecule has 1 saturated carbocycles. The van der Waals surface area contributed by atoms with Gasteiger partial charge in [-0.2, -0.15) is 4.98 Å². The molecule has 5 heteroatoms. The van der Waals surface area contributed by atoms with E-state index in [4.69, 9.17) is 9.26 Å². The maximum absolute atomic E-state index is 5.75. The van der Waals surface area contributed by atoms with Crippen molar-refractivity contribution in [2.75, 3.05) is 20.7 Å². The Labute approximate surface area is 115 Å². The number of hydrogen-bond acceptors (Lipinski definition) is 5. The van der Waals surface area contributed by atoms with E-state index in [0.29, 0.717) is 0 Å². The monoisotopic (exact) mass is 267 g/mol. The van der Waals surface area contributed by atoms with Crippen LogP contribution in [0.5, 0.6) is 0 Å². The summed E-state index contributed by atoms with van der Waals surface area (Å²) in [5.41, 5.74) is -0.322. The molecule has 1 N–H and O–H groups in total. The van der Waals surface area contributed by atoms with Gasteiger partial charge in [0.25, 0.3) is 0 Å². The second-order valence-corrected chi connectivity index (χ2v) is 5.60. The number of nitrogens with one attached hydrogen (secondary N) is 1. The van der Waals surface area contributed by atoms with Gasteiger partial charge in [-0.3, -0.25) is 0 Å². The fourth-order valence-corrected chi connectivity index (χ4v) is 2.71. The molecule has 2 rings (SSSR count). The number of aromatic nitrogens is 2. The molecule has 0 aromatic carbocycles. The number of ether oxygens (including phenoxy) is 1. The van der Waals surface area contributed by atoms with Crippen LogP contribution in [-0.2, 0) is 16.8 Å². The summed E-state index contributed by atoms with van der Waals surface area (Å²) in [6.07, 6.45) is 6.13. The molecule has 0 unspecified atom stereocenters. The van der Waals surface area contributed by atoms with Crippen molar-refractivity contribution < 1.29 is 9.26 Å². The minimum atomic E-state index is -0.322. The normalized spacial score (nSPS) is 27.6. The van der Waals surface area contributed by atoms with Crippen LogP contribution in [0.2, 0.25) is 0 Å². The van der Waals surface area contributed by atoms with Gasteiger partial charge < -0.3 is 14.6 Å². The van der Waals surface area contributed by atoms with Gasteiger partial charge in [-0.15, -0.1) is 0 Å². The van der Waals surface area contributed by atoms with E-state index in [1.807, 2.05) is 7.05 Å². The molecular formula is C14H25N3O2. The smallest absolute Gasteiger partial charge is 0.226 e. The van der Waals surface area contributed by atoms with Gasteiger partial charge in [0.1, 0.15) is 5.60 Å². The molecule has 0 bridgehead atoms. The second-order valence-electron chi connectivity index (χ2n) is 5.60. The lowest BCUT2D eigenvalue weighted by atomic mass is 9.79. The highest BCUT2D eigenvalue weighted by Crippen LogP contribution is 2.40. The minimum Gasteiger partial charge on any atom is -0.370 e. The highest BCUT2D eigenvalue weighted by molar-refractivity contribution is 5.04. The first-order valence-corrected chi connectivity index (χ1v) is 7.23. The van der Waals surface area contributed by atoms with Gasteiger partial charge >= 0.3 is 0 Å². The van der Waals surface area contributed by atoms with Crippen LogP contribution in [0, 0.1) is 5.92 Å². The van der Waals surface area contributed by atoms with E-state index in [1.165, 1.54) is 0 Å². The van der Waals surface area contributed by atoms with Crippen LogP contribution < -0.4 is 5.32 Å². The number of aryl methyl sites for hydroxylation is 1. The minimum absolute atomic E-state index is 0.322. The zero-order valence-corrected chi connectivity index (χ0v) is 12.2. The average Bonchev–Trinajstić information content (AvgIpc) is 2.90. The van der Waals surface area contributed by atoms with Gasteiger partial charge in [0.05, 0.1) is 0 Å². The Kier molecular flexibility index (Phi) is 4.93. The molecule has 1 aliphatic rings. The number of hydrogen-bond donors (Lipinski definition) is 1. The third-order valence-electron chi connectivity index (χ3n) is 4.17. The summed E-state index contributed by atoms with van der Waals surface area (Å²) in [6.45, 7) is 3.25. The molecule has 1 aromatic rings. The van der Waals surface area contributed by atoms with E-state index in [9.17, 15) is 0 Å². The molecule has 0 saturated heterocycles. The Morgan fingerprint density at radius 1 is 1.42 bits per heavy atom. The van der Waals surface area contributed by atoms with E-state index in [2.05, 4.69) is 22.4 Å². The molecule has 108 valence electrons. The quantitative estimate of drug-likeness (QED) is 0.801. The van der Waals surface area contributed by atoms with E-state index in [-0.39, 0.29) is 5.60 Å². The number of methoxy groups -OCH3 is 1. The topological polar surface area (TPSA) is 60.2 Å². The molecule has 19 heavy (non-hydrogen) atoms. The van der Waals surface area contributed by atoms with E-state index < -0.39 is 0 Å². The first-order valence-electron chi connectivity index (χ1n) is 7.23. The van der Waals surface area contributed by atoms with E-state index in [1.54, 1.807) is 7.11 Å². The number of nitrogens with zero attached hydrogens (tertiary/aromatic N) is 2. The summed E-state index contributed by atoms with van der Waals surface area (Å²) in [5.74, 6) is 2.23. The van der Waals surface area contributed by atoms with Crippen molar-refractivity contribution >= 4 is 0 Å². The lowest BCUT2D eigenvalue weighted by Crippen LogP contribution is -2.34. The molecule has 1 aliphatic carbocycles.